The van der Waals surface area contributed by atoms with Gasteiger partial charge in [-0.25, -0.2) is 0 Å². The maximum absolute atomic E-state index is 5.46. The van der Waals surface area contributed by atoms with E-state index in [2.05, 4.69) is 27.7 Å². The first kappa shape index (κ1) is 11.8. The van der Waals surface area contributed by atoms with E-state index >= 15 is 0 Å². The molecule has 1 aliphatic carbocycles. The summed E-state index contributed by atoms with van der Waals surface area (Å²) in [6.45, 7) is 9.11. The lowest BCUT2D eigenvalue weighted by Gasteiger charge is -2.42. The lowest BCUT2D eigenvalue weighted by atomic mass is 9.64. The highest BCUT2D eigenvalue weighted by atomic mass is 16.5. The van der Waals surface area contributed by atoms with Crippen molar-refractivity contribution in [2.45, 2.75) is 59.5 Å². The molecular formula is C13H24O. The zero-order valence-electron chi connectivity index (χ0n) is 10.3. The Labute approximate surface area is 88.5 Å². The molecular weight excluding hydrogens is 172 g/mol. The van der Waals surface area contributed by atoms with Crippen LogP contribution in [-0.4, -0.2) is 13.2 Å². The van der Waals surface area contributed by atoms with Crippen LogP contribution in [0.3, 0.4) is 0 Å². The van der Waals surface area contributed by atoms with Crippen molar-refractivity contribution >= 4 is 0 Å². The Hall–Kier alpha value is -0.300. The van der Waals surface area contributed by atoms with Gasteiger partial charge in [0.1, 0.15) is 0 Å². The first-order chi connectivity index (χ1) is 6.56. The predicted molar refractivity (Wildman–Crippen MR) is 61.4 cm³/mol. The van der Waals surface area contributed by atoms with Crippen LogP contribution in [-0.2, 0) is 4.74 Å². The van der Waals surface area contributed by atoms with Crippen molar-refractivity contribution in [3.05, 3.63) is 11.1 Å². The van der Waals surface area contributed by atoms with Gasteiger partial charge in [0.15, 0.2) is 0 Å². The quantitative estimate of drug-likeness (QED) is 0.619. The standard InChI is InChI=1S/C13H24O/c1-6-12(14-5)10(3)11-8-13(4,7-2)9-11/h12H,6-9H2,1-5H3. The number of hydrogen-bond donors (Lipinski definition) is 0. The van der Waals surface area contributed by atoms with Gasteiger partial charge in [-0.3, -0.25) is 0 Å². The van der Waals surface area contributed by atoms with Crippen LogP contribution in [0.15, 0.2) is 11.1 Å². The van der Waals surface area contributed by atoms with Gasteiger partial charge in [0.2, 0.25) is 0 Å². The zero-order valence-corrected chi connectivity index (χ0v) is 10.3. The summed E-state index contributed by atoms with van der Waals surface area (Å²) in [6.07, 6.45) is 5.32. The topological polar surface area (TPSA) is 9.23 Å². The Balaban J connectivity index is 2.61. The van der Waals surface area contributed by atoms with Crippen LogP contribution in [0, 0.1) is 5.41 Å². The van der Waals surface area contributed by atoms with Crippen LogP contribution < -0.4 is 0 Å². The highest BCUT2D eigenvalue weighted by molar-refractivity contribution is 5.26. The van der Waals surface area contributed by atoms with Gasteiger partial charge in [-0.1, -0.05) is 32.8 Å². The Morgan fingerprint density at radius 3 is 2.36 bits per heavy atom. The molecule has 0 spiro atoms. The largest absolute Gasteiger partial charge is 0.377 e. The Morgan fingerprint density at radius 1 is 1.43 bits per heavy atom. The predicted octanol–water partition coefficient (Wildman–Crippen LogP) is 3.94. The van der Waals surface area contributed by atoms with E-state index in [0.717, 1.165) is 6.42 Å². The highest BCUT2D eigenvalue weighted by Crippen LogP contribution is 2.49. The van der Waals surface area contributed by atoms with Crippen LogP contribution >= 0.6 is 0 Å². The summed E-state index contributed by atoms with van der Waals surface area (Å²) in [5.41, 5.74) is 3.71. The van der Waals surface area contributed by atoms with Crippen LogP contribution in [0.2, 0.25) is 0 Å². The average molecular weight is 196 g/mol. The second-order valence-electron chi connectivity index (χ2n) is 4.94. The van der Waals surface area contributed by atoms with Crippen molar-refractivity contribution in [3.63, 3.8) is 0 Å². The molecule has 0 aromatic heterocycles. The van der Waals surface area contributed by atoms with E-state index in [1.165, 1.54) is 24.8 Å². The van der Waals surface area contributed by atoms with E-state index in [1.807, 2.05) is 7.11 Å². The van der Waals surface area contributed by atoms with E-state index in [1.54, 1.807) is 5.57 Å². The minimum absolute atomic E-state index is 0.353. The minimum Gasteiger partial charge on any atom is -0.377 e. The molecule has 0 aromatic carbocycles. The van der Waals surface area contributed by atoms with Crippen molar-refractivity contribution in [1.82, 2.24) is 0 Å². The normalized spacial score (nSPS) is 28.5. The summed E-state index contributed by atoms with van der Waals surface area (Å²) >= 11 is 0. The maximum Gasteiger partial charge on any atom is 0.0778 e. The monoisotopic (exact) mass is 196 g/mol. The molecule has 14 heavy (non-hydrogen) atoms. The van der Waals surface area contributed by atoms with Crippen molar-refractivity contribution in [2.24, 2.45) is 5.41 Å². The lowest BCUT2D eigenvalue weighted by Crippen LogP contribution is -2.30. The maximum atomic E-state index is 5.46. The number of ether oxygens (including phenoxy) is 1. The molecule has 1 fully saturated rings. The minimum atomic E-state index is 0.353. The fourth-order valence-electron chi connectivity index (χ4n) is 2.38. The lowest BCUT2D eigenvalue weighted by molar-refractivity contribution is 0.122. The Kier molecular flexibility index (Phi) is 3.77. The van der Waals surface area contributed by atoms with Gasteiger partial charge in [0, 0.05) is 7.11 Å². The summed E-state index contributed by atoms with van der Waals surface area (Å²) in [4.78, 5) is 0. The van der Waals surface area contributed by atoms with Crippen LogP contribution in [0.4, 0.5) is 0 Å². The smallest absolute Gasteiger partial charge is 0.0778 e. The van der Waals surface area contributed by atoms with E-state index < -0.39 is 0 Å². The molecule has 0 aliphatic heterocycles. The van der Waals surface area contributed by atoms with Crippen LogP contribution in [0.25, 0.3) is 0 Å². The van der Waals surface area contributed by atoms with E-state index in [0.29, 0.717) is 11.5 Å². The van der Waals surface area contributed by atoms with Gasteiger partial charge in [-0.2, -0.15) is 0 Å². The molecule has 0 saturated heterocycles. The third-order valence-corrected chi connectivity index (χ3v) is 3.83. The average Bonchev–Trinajstić information content (AvgIpc) is 2.14. The van der Waals surface area contributed by atoms with Gasteiger partial charge in [0.05, 0.1) is 6.10 Å². The molecule has 1 saturated carbocycles. The molecule has 0 heterocycles. The zero-order chi connectivity index (χ0) is 10.8. The summed E-state index contributed by atoms with van der Waals surface area (Å²) in [5.74, 6) is 0. The third-order valence-electron chi connectivity index (χ3n) is 3.83. The first-order valence-corrected chi connectivity index (χ1v) is 5.77. The van der Waals surface area contributed by atoms with E-state index in [4.69, 9.17) is 4.74 Å². The number of hydrogen-bond acceptors (Lipinski definition) is 1. The summed E-state index contributed by atoms with van der Waals surface area (Å²) in [6, 6.07) is 0. The number of methoxy groups -OCH3 is 1. The molecule has 82 valence electrons. The molecule has 1 aliphatic rings. The summed E-state index contributed by atoms with van der Waals surface area (Å²) < 4.78 is 5.46. The first-order valence-electron chi connectivity index (χ1n) is 5.77. The summed E-state index contributed by atoms with van der Waals surface area (Å²) in [5, 5.41) is 0. The molecule has 0 aromatic rings. The molecule has 1 unspecified atom stereocenters. The molecule has 1 rings (SSSR count). The fraction of sp³-hybridized carbons (Fsp3) is 0.846. The molecule has 0 N–H and O–H groups in total. The van der Waals surface area contributed by atoms with Crippen LogP contribution in [0.5, 0.6) is 0 Å². The Morgan fingerprint density at radius 2 is 2.00 bits per heavy atom. The van der Waals surface area contributed by atoms with E-state index in [-0.39, 0.29) is 0 Å². The van der Waals surface area contributed by atoms with Crippen LogP contribution in [0.1, 0.15) is 53.4 Å². The van der Waals surface area contributed by atoms with Gasteiger partial charge in [-0.05, 0) is 37.2 Å². The molecule has 0 bridgehead atoms. The van der Waals surface area contributed by atoms with Crippen molar-refractivity contribution < 1.29 is 4.74 Å². The van der Waals surface area contributed by atoms with Crippen molar-refractivity contribution in [1.29, 1.82) is 0 Å². The van der Waals surface area contributed by atoms with Gasteiger partial charge < -0.3 is 4.74 Å². The summed E-state index contributed by atoms with van der Waals surface area (Å²) in [7, 11) is 1.82. The van der Waals surface area contributed by atoms with Gasteiger partial charge >= 0.3 is 0 Å². The molecule has 1 atom stereocenters. The number of allylic oxidation sites excluding steroid dienone is 1. The van der Waals surface area contributed by atoms with E-state index in [9.17, 15) is 0 Å². The molecule has 1 nitrogen and oxygen atoms in total. The third kappa shape index (κ3) is 2.20. The fourth-order valence-corrected chi connectivity index (χ4v) is 2.38. The second kappa shape index (κ2) is 4.48. The molecule has 0 radical (unpaired) electrons. The SMILES string of the molecule is CCC(OC)C(C)=C1CC(C)(CC)C1. The molecule has 1 heteroatoms. The highest BCUT2D eigenvalue weighted by Gasteiger charge is 2.35. The number of rotatable bonds is 4. The van der Waals surface area contributed by atoms with Crippen molar-refractivity contribution in [2.75, 3.05) is 7.11 Å². The van der Waals surface area contributed by atoms with Gasteiger partial charge in [-0.15, -0.1) is 0 Å². The molecule has 0 amide bonds. The van der Waals surface area contributed by atoms with Crippen molar-refractivity contribution in [3.8, 4) is 0 Å². The van der Waals surface area contributed by atoms with Gasteiger partial charge in [0.25, 0.3) is 0 Å². The Bertz CT molecular complexity index is 215. The second-order valence-corrected chi connectivity index (χ2v) is 4.94.